The van der Waals surface area contributed by atoms with Crippen LogP contribution in [0.5, 0.6) is 0 Å². The van der Waals surface area contributed by atoms with Crippen LogP contribution in [0.1, 0.15) is 51.2 Å². The van der Waals surface area contributed by atoms with Gasteiger partial charge in [-0.25, -0.2) is 4.98 Å². The molecule has 90 valence electrons. The monoisotopic (exact) mass is 222 g/mol. The van der Waals surface area contributed by atoms with E-state index >= 15 is 0 Å². The van der Waals surface area contributed by atoms with E-state index in [0.29, 0.717) is 11.5 Å². The molecule has 0 saturated heterocycles. The highest BCUT2D eigenvalue weighted by molar-refractivity contribution is 4.89. The summed E-state index contributed by atoms with van der Waals surface area (Å²) in [5, 5.41) is 10.5. The van der Waals surface area contributed by atoms with E-state index in [9.17, 15) is 0 Å². The Morgan fingerprint density at radius 1 is 1.38 bits per heavy atom. The van der Waals surface area contributed by atoms with Crippen molar-refractivity contribution in [2.45, 2.75) is 59.0 Å². The fraction of sp³-hybridized carbons (Fsp3) is 0.833. The maximum Gasteiger partial charge on any atom is 0.164 e. The third kappa shape index (κ3) is 3.04. The van der Waals surface area contributed by atoms with Crippen LogP contribution >= 0.6 is 0 Å². The Hall–Kier alpha value is -0.900. The first kappa shape index (κ1) is 11.6. The molecular weight excluding hydrogens is 200 g/mol. The van der Waals surface area contributed by atoms with E-state index in [1.54, 1.807) is 0 Å². The van der Waals surface area contributed by atoms with Crippen LogP contribution in [0.15, 0.2) is 0 Å². The summed E-state index contributed by atoms with van der Waals surface area (Å²) in [6.45, 7) is 7.44. The molecule has 1 fully saturated rings. The molecule has 0 unspecified atom stereocenters. The first-order chi connectivity index (χ1) is 7.55. The molecule has 1 heterocycles. The van der Waals surface area contributed by atoms with Crippen molar-refractivity contribution in [3.8, 4) is 0 Å². The smallest absolute Gasteiger partial charge is 0.164 e. The molecule has 0 aromatic carbocycles. The van der Waals surface area contributed by atoms with Crippen molar-refractivity contribution in [2.75, 3.05) is 0 Å². The van der Waals surface area contributed by atoms with Gasteiger partial charge >= 0.3 is 0 Å². The lowest BCUT2D eigenvalue weighted by Gasteiger charge is -2.34. The van der Waals surface area contributed by atoms with Gasteiger partial charge in [-0.1, -0.05) is 13.8 Å². The van der Waals surface area contributed by atoms with Gasteiger partial charge in [0.25, 0.3) is 0 Å². The number of H-pyrrole nitrogens is 1. The van der Waals surface area contributed by atoms with Crippen molar-refractivity contribution in [1.29, 1.82) is 0 Å². The summed E-state index contributed by atoms with van der Waals surface area (Å²) in [5.74, 6) is 1.77. The molecule has 1 saturated carbocycles. The molecule has 0 spiro atoms. The van der Waals surface area contributed by atoms with E-state index in [1.807, 2.05) is 6.92 Å². The maximum absolute atomic E-state index is 4.29. The minimum Gasteiger partial charge on any atom is -0.307 e. The fourth-order valence-electron chi connectivity index (χ4n) is 2.31. The predicted molar refractivity (Wildman–Crippen MR) is 64.0 cm³/mol. The van der Waals surface area contributed by atoms with Crippen molar-refractivity contribution in [1.82, 2.24) is 20.5 Å². The Morgan fingerprint density at radius 2 is 2.06 bits per heavy atom. The molecule has 0 aliphatic heterocycles. The molecule has 0 amide bonds. The van der Waals surface area contributed by atoms with E-state index in [4.69, 9.17) is 0 Å². The lowest BCUT2D eigenvalue weighted by atomic mass is 9.75. The van der Waals surface area contributed by atoms with Crippen molar-refractivity contribution < 1.29 is 0 Å². The fourth-order valence-corrected chi connectivity index (χ4v) is 2.31. The van der Waals surface area contributed by atoms with E-state index in [-0.39, 0.29) is 0 Å². The second-order valence-corrected chi connectivity index (χ2v) is 5.66. The SMILES string of the molecule is Cc1nc(CNC2CCC(C)(C)CC2)n[nH]1. The van der Waals surface area contributed by atoms with Crippen LogP contribution in [0.2, 0.25) is 0 Å². The predicted octanol–water partition coefficient (Wildman–Crippen LogP) is 2.17. The summed E-state index contributed by atoms with van der Waals surface area (Å²) in [5.41, 5.74) is 0.541. The molecule has 1 aromatic rings. The van der Waals surface area contributed by atoms with Crippen molar-refractivity contribution in [3.05, 3.63) is 11.6 Å². The number of nitrogens with one attached hydrogen (secondary N) is 2. The van der Waals surface area contributed by atoms with E-state index < -0.39 is 0 Å². The van der Waals surface area contributed by atoms with Gasteiger partial charge in [0.1, 0.15) is 5.82 Å². The van der Waals surface area contributed by atoms with Gasteiger partial charge in [-0.3, -0.25) is 5.10 Å². The molecule has 1 aliphatic carbocycles. The quantitative estimate of drug-likeness (QED) is 0.824. The lowest BCUT2D eigenvalue weighted by molar-refractivity contribution is 0.205. The summed E-state index contributed by atoms with van der Waals surface area (Å²) in [4.78, 5) is 4.29. The highest BCUT2D eigenvalue weighted by Crippen LogP contribution is 2.34. The van der Waals surface area contributed by atoms with Gasteiger partial charge in [-0.15, -0.1) is 0 Å². The molecule has 2 rings (SSSR count). The third-order valence-corrected chi connectivity index (χ3v) is 3.53. The lowest BCUT2D eigenvalue weighted by Crippen LogP contribution is -2.35. The van der Waals surface area contributed by atoms with Crippen molar-refractivity contribution in [3.63, 3.8) is 0 Å². The number of nitrogens with zero attached hydrogens (tertiary/aromatic N) is 2. The highest BCUT2D eigenvalue weighted by atomic mass is 15.2. The topological polar surface area (TPSA) is 53.6 Å². The molecule has 0 bridgehead atoms. The summed E-state index contributed by atoms with van der Waals surface area (Å²) in [6.07, 6.45) is 5.18. The summed E-state index contributed by atoms with van der Waals surface area (Å²) < 4.78 is 0. The number of hydrogen-bond donors (Lipinski definition) is 2. The van der Waals surface area contributed by atoms with Gasteiger partial charge < -0.3 is 5.32 Å². The largest absolute Gasteiger partial charge is 0.307 e. The minimum atomic E-state index is 0.541. The molecule has 0 radical (unpaired) electrons. The molecule has 16 heavy (non-hydrogen) atoms. The van der Waals surface area contributed by atoms with E-state index in [2.05, 4.69) is 34.3 Å². The zero-order valence-corrected chi connectivity index (χ0v) is 10.5. The molecule has 1 aliphatic rings. The number of rotatable bonds is 3. The van der Waals surface area contributed by atoms with E-state index in [0.717, 1.165) is 18.2 Å². The first-order valence-corrected chi connectivity index (χ1v) is 6.16. The molecular formula is C12H22N4. The average Bonchev–Trinajstić information content (AvgIpc) is 2.63. The van der Waals surface area contributed by atoms with Crippen LogP contribution < -0.4 is 5.32 Å². The normalized spacial score (nSPS) is 21.2. The first-order valence-electron chi connectivity index (χ1n) is 6.16. The highest BCUT2D eigenvalue weighted by Gasteiger charge is 2.26. The van der Waals surface area contributed by atoms with Crippen LogP contribution in [0.3, 0.4) is 0 Å². The third-order valence-electron chi connectivity index (χ3n) is 3.53. The number of hydrogen-bond acceptors (Lipinski definition) is 3. The number of aryl methyl sites for hydroxylation is 1. The van der Waals surface area contributed by atoms with Crippen LogP contribution in [0.4, 0.5) is 0 Å². The van der Waals surface area contributed by atoms with Gasteiger partial charge in [0.15, 0.2) is 5.82 Å². The summed E-state index contributed by atoms with van der Waals surface area (Å²) in [6, 6.07) is 0.645. The van der Waals surface area contributed by atoms with Gasteiger partial charge in [-0.05, 0) is 38.0 Å². The van der Waals surface area contributed by atoms with Crippen LogP contribution in [0, 0.1) is 12.3 Å². The van der Waals surface area contributed by atoms with Gasteiger partial charge in [-0.2, -0.15) is 5.10 Å². The zero-order valence-electron chi connectivity index (χ0n) is 10.5. The molecule has 4 nitrogen and oxygen atoms in total. The Morgan fingerprint density at radius 3 is 2.62 bits per heavy atom. The van der Waals surface area contributed by atoms with Gasteiger partial charge in [0.05, 0.1) is 6.54 Å². The van der Waals surface area contributed by atoms with Crippen LogP contribution in [-0.4, -0.2) is 21.2 Å². The number of aromatic nitrogens is 3. The van der Waals surface area contributed by atoms with E-state index in [1.165, 1.54) is 25.7 Å². The Labute approximate surface area is 97.2 Å². The molecule has 1 aromatic heterocycles. The average molecular weight is 222 g/mol. The zero-order chi connectivity index (χ0) is 11.6. The van der Waals surface area contributed by atoms with Crippen LogP contribution in [-0.2, 0) is 6.54 Å². The number of aromatic amines is 1. The molecule has 0 atom stereocenters. The molecule has 2 N–H and O–H groups in total. The standard InChI is InChI=1S/C12H22N4/c1-9-14-11(16-15-9)8-13-10-4-6-12(2,3)7-5-10/h10,13H,4-8H2,1-3H3,(H,14,15,16). The Bertz CT molecular complexity index is 333. The Kier molecular flexibility index (Phi) is 3.28. The second kappa shape index (κ2) is 4.53. The van der Waals surface area contributed by atoms with Crippen LogP contribution in [0.25, 0.3) is 0 Å². The Balaban J connectivity index is 1.75. The molecule has 4 heteroatoms. The van der Waals surface area contributed by atoms with Gasteiger partial charge in [0.2, 0.25) is 0 Å². The summed E-state index contributed by atoms with van der Waals surface area (Å²) >= 11 is 0. The summed E-state index contributed by atoms with van der Waals surface area (Å²) in [7, 11) is 0. The second-order valence-electron chi connectivity index (χ2n) is 5.66. The van der Waals surface area contributed by atoms with Crippen molar-refractivity contribution in [2.24, 2.45) is 5.41 Å². The minimum absolute atomic E-state index is 0.541. The van der Waals surface area contributed by atoms with Gasteiger partial charge in [0, 0.05) is 6.04 Å². The maximum atomic E-state index is 4.29. The van der Waals surface area contributed by atoms with Crippen molar-refractivity contribution >= 4 is 0 Å².